The Labute approximate surface area is 186 Å². The van der Waals surface area contributed by atoms with Crippen LogP contribution in [0, 0.1) is 0 Å². The van der Waals surface area contributed by atoms with Gasteiger partial charge in [-0.05, 0) is 54.1 Å². The van der Waals surface area contributed by atoms with E-state index >= 15 is 0 Å². The van der Waals surface area contributed by atoms with Gasteiger partial charge in [0.1, 0.15) is 0 Å². The van der Waals surface area contributed by atoms with Crippen molar-refractivity contribution in [1.82, 2.24) is 0 Å². The third kappa shape index (κ3) is 25.1. The van der Waals surface area contributed by atoms with E-state index in [2.05, 4.69) is 61.8 Å². The van der Waals surface area contributed by atoms with Crippen LogP contribution in [0.1, 0.15) is 93.4 Å². The Morgan fingerprint density at radius 2 is 0.828 bits per heavy atom. The normalized spacial score (nSPS) is 12.0. The van der Waals surface area contributed by atoms with E-state index in [0.717, 1.165) is 19.3 Å². The molecular formula is C23H55O3P3. The molecule has 6 heteroatoms. The van der Waals surface area contributed by atoms with Gasteiger partial charge in [0.15, 0.2) is 0 Å². The highest BCUT2D eigenvalue weighted by molar-refractivity contribution is 7.75. The van der Waals surface area contributed by atoms with Crippen LogP contribution >= 0.6 is 22.1 Å². The molecule has 0 fully saturated rings. The molecule has 29 heavy (non-hydrogen) atoms. The Hall–Kier alpha value is 1.01. The molecule has 0 atom stereocenters. The Morgan fingerprint density at radius 3 is 1.03 bits per heavy atom. The van der Waals surface area contributed by atoms with Gasteiger partial charge in [0, 0.05) is 27.9 Å². The maximum absolute atomic E-state index is 10.2. The van der Waals surface area contributed by atoms with Crippen LogP contribution in [0.2, 0.25) is 0 Å². The minimum atomic E-state index is -4.23. The molecule has 0 spiro atoms. The predicted octanol–water partition coefficient (Wildman–Crippen LogP) is 7.04. The first-order chi connectivity index (χ1) is 13.4. The third-order valence-corrected chi connectivity index (χ3v) is 16.6. The molecule has 0 N–H and O–H groups in total. The van der Waals surface area contributed by atoms with Gasteiger partial charge in [-0.25, -0.2) is 0 Å². The van der Waals surface area contributed by atoms with Crippen molar-refractivity contribution < 1.29 is 14.4 Å². The van der Waals surface area contributed by atoms with Crippen LogP contribution in [-0.2, 0) is 4.57 Å². The topological polar surface area (TPSA) is 63.2 Å². The van der Waals surface area contributed by atoms with Gasteiger partial charge in [-0.1, -0.05) is 53.0 Å². The lowest BCUT2D eigenvalue weighted by molar-refractivity contribution is -0.313. The smallest absolute Gasteiger partial charge is 0.0563 e. The second-order valence-electron chi connectivity index (χ2n) is 8.59. The Balaban J connectivity index is -0.000000368. The fraction of sp³-hybridized carbons (Fsp3) is 1.00. The largest absolute Gasteiger partial charge is 0.811 e. The number of unbranched alkanes of at least 4 members (excludes halogenated alkanes) is 6. The van der Waals surface area contributed by atoms with Crippen molar-refractivity contribution in [1.29, 1.82) is 0 Å². The quantitative estimate of drug-likeness (QED) is 0.201. The molecule has 0 unspecified atom stereocenters. The molecule has 0 aliphatic rings. The van der Waals surface area contributed by atoms with Gasteiger partial charge in [0.2, 0.25) is 0 Å². The minimum Gasteiger partial charge on any atom is -0.811 e. The molecule has 0 aromatic carbocycles. The first-order valence-corrected chi connectivity index (χ1v) is 19.4. The maximum atomic E-state index is 10.2. The van der Waals surface area contributed by atoms with Gasteiger partial charge in [0.25, 0.3) is 0 Å². The van der Waals surface area contributed by atoms with Crippen LogP contribution < -0.4 is 9.79 Å². The summed E-state index contributed by atoms with van der Waals surface area (Å²) < 4.78 is 10.2. The summed E-state index contributed by atoms with van der Waals surface area (Å²) in [6.07, 6.45) is 15.7. The summed E-state index contributed by atoms with van der Waals surface area (Å²) in [6, 6.07) is 0. The summed E-state index contributed by atoms with van der Waals surface area (Å²) in [5, 5.41) is 0. The van der Waals surface area contributed by atoms with E-state index in [1.54, 1.807) is 0 Å². The summed E-state index contributed by atoms with van der Waals surface area (Å²) in [7, 11) is -5.05. The van der Waals surface area contributed by atoms with Gasteiger partial charge in [0.05, 0.1) is 37.0 Å². The van der Waals surface area contributed by atoms with Crippen LogP contribution in [-0.4, -0.2) is 56.5 Å². The van der Waals surface area contributed by atoms with E-state index in [4.69, 9.17) is 0 Å². The fourth-order valence-electron chi connectivity index (χ4n) is 2.60. The number of hydrogen-bond donors (Lipinski definition) is 0. The molecule has 0 bridgehead atoms. The third-order valence-electron chi connectivity index (χ3n) is 6.62. The fourth-order valence-corrected chi connectivity index (χ4v) is 5.90. The van der Waals surface area contributed by atoms with Crippen LogP contribution in [0.15, 0.2) is 0 Å². The molecule has 180 valence electrons. The van der Waals surface area contributed by atoms with E-state index in [1.165, 1.54) is 56.2 Å². The zero-order valence-electron chi connectivity index (χ0n) is 21.5. The number of rotatable bonds is 14. The average Bonchev–Trinajstić information content (AvgIpc) is 2.72. The first kappa shape index (κ1) is 34.6. The van der Waals surface area contributed by atoms with Crippen molar-refractivity contribution in [3.05, 3.63) is 0 Å². The zero-order valence-corrected chi connectivity index (χ0v) is 24.1. The van der Waals surface area contributed by atoms with Crippen LogP contribution in [0.4, 0.5) is 0 Å². The lowest BCUT2D eigenvalue weighted by atomic mass is 10.1. The van der Waals surface area contributed by atoms with Crippen LogP contribution in [0.25, 0.3) is 0 Å². The van der Waals surface area contributed by atoms with E-state index < -0.39 is 22.1 Å². The monoisotopic (exact) mass is 472 g/mol. The SMILES string of the molecule is CCCCCCCCCP(=O)([O-])[O-].CC[P+](C)(CC)CC.CC[P+](C)(CC)CC. The van der Waals surface area contributed by atoms with E-state index in [9.17, 15) is 14.4 Å². The highest BCUT2D eigenvalue weighted by Crippen LogP contribution is 2.54. The second-order valence-corrected chi connectivity index (χ2v) is 20.5. The maximum Gasteiger partial charge on any atom is 0.0563 e. The highest BCUT2D eigenvalue weighted by atomic mass is 31.2. The molecule has 0 amide bonds. The molecule has 0 aliphatic heterocycles. The molecule has 0 heterocycles. The lowest BCUT2D eigenvalue weighted by Gasteiger charge is -2.29. The van der Waals surface area contributed by atoms with Gasteiger partial charge >= 0.3 is 0 Å². The van der Waals surface area contributed by atoms with E-state index in [1.807, 2.05) is 0 Å². The van der Waals surface area contributed by atoms with Gasteiger partial charge in [-0.2, -0.15) is 0 Å². The molecule has 0 saturated carbocycles. The van der Waals surface area contributed by atoms with Gasteiger partial charge < -0.3 is 14.4 Å². The van der Waals surface area contributed by atoms with Gasteiger partial charge in [-0.15, -0.1) is 0 Å². The number of hydrogen-bond acceptors (Lipinski definition) is 3. The average molecular weight is 473 g/mol. The van der Waals surface area contributed by atoms with Crippen molar-refractivity contribution >= 4 is 22.1 Å². The lowest BCUT2D eigenvalue weighted by Crippen LogP contribution is -2.16. The molecule has 0 aliphatic carbocycles. The molecule has 0 saturated heterocycles. The van der Waals surface area contributed by atoms with Crippen LogP contribution in [0.5, 0.6) is 0 Å². The highest BCUT2D eigenvalue weighted by Gasteiger charge is 2.23. The second kappa shape index (κ2) is 20.9. The zero-order chi connectivity index (χ0) is 23.4. The molecule has 0 aromatic rings. The standard InChI is InChI=1S/C9H21O3P.2C7H18P/c1-2-3-4-5-6-7-8-9-13(10,11)12;2*1-5-8(4,6-2)7-3/h2-9H2,1H3,(H2,10,11,12);2*5-7H2,1-4H3/q;2*+1/p-2. The summed E-state index contributed by atoms with van der Waals surface area (Å²) in [6.45, 7) is 21.0. The molecule has 0 aromatic heterocycles. The van der Waals surface area contributed by atoms with E-state index in [-0.39, 0.29) is 6.16 Å². The minimum absolute atomic E-state index is 0.166. The molecular weight excluding hydrogens is 417 g/mol. The molecule has 0 radical (unpaired) electrons. The van der Waals surface area contributed by atoms with Crippen molar-refractivity contribution in [2.24, 2.45) is 0 Å². The summed E-state index contributed by atoms with van der Waals surface area (Å²) in [5.41, 5.74) is 0. The summed E-state index contributed by atoms with van der Waals surface area (Å²) in [5.74, 6) is 0. The predicted molar refractivity (Wildman–Crippen MR) is 139 cm³/mol. The Morgan fingerprint density at radius 1 is 0.552 bits per heavy atom. The van der Waals surface area contributed by atoms with Crippen LogP contribution in [0.3, 0.4) is 0 Å². The van der Waals surface area contributed by atoms with Gasteiger partial charge in [-0.3, -0.25) is 0 Å². The van der Waals surface area contributed by atoms with Crippen molar-refractivity contribution in [2.75, 3.05) is 56.5 Å². The van der Waals surface area contributed by atoms with Crippen molar-refractivity contribution in [3.8, 4) is 0 Å². The molecule has 3 nitrogen and oxygen atoms in total. The molecule has 0 rings (SSSR count). The summed E-state index contributed by atoms with van der Waals surface area (Å²) >= 11 is 0. The Bertz CT molecular complexity index is 341. The van der Waals surface area contributed by atoms with Crippen molar-refractivity contribution in [2.45, 2.75) is 93.4 Å². The Kier molecular flexibility index (Phi) is 24.9. The van der Waals surface area contributed by atoms with Crippen molar-refractivity contribution in [3.63, 3.8) is 0 Å². The summed E-state index contributed by atoms with van der Waals surface area (Å²) in [4.78, 5) is 20.5. The first-order valence-electron chi connectivity index (χ1n) is 12.1. The van der Waals surface area contributed by atoms with E-state index in [0.29, 0.717) is 6.42 Å².